The summed E-state index contributed by atoms with van der Waals surface area (Å²) >= 11 is 4.28. The zero-order valence-electron chi connectivity index (χ0n) is 26.7. The van der Waals surface area contributed by atoms with Crippen LogP contribution < -0.4 is 30.4 Å². The Morgan fingerprint density at radius 1 is 1.00 bits per heavy atom. The summed E-state index contributed by atoms with van der Waals surface area (Å²) in [6.45, 7) is 4.81. The van der Waals surface area contributed by atoms with Crippen LogP contribution in [0.4, 0.5) is 17.3 Å². The Labute approximate surface area is 289 Å². The molecule has 48 heavy (non-hydrogen) atoms. The standard InChI is InChI=1S/C32H34N8O5S3/c1-5-32(2)14-22-23(15-45-32)48-28-26(22)27-35-37-30(46-16-24(41)33-18-6-10-20(43-3)11-7-18)39(27)29-36-38-31(40(28)29)47-17-25(42)34-19-8-12-21(44-4)13-9-19/h6-13,27,35H,5,14-17H2,1-4H3,(H,33,41)(H,34,42)/t27?,32-/m1/s1. The molecular formula is C32H34N8O5S3. The fourth-order valence-electron chi connectivity index (χ4n) is 5.69. The molecule has 2 aromatic carbocycles. The lowest BCUT2D eigenvalue weighted by atomic mass is 9.88. The molecule has 0 spiro atoms. The van der Waals surface area contributed by atoms with Gasteiger partial charge in [0.2, 0.25) is 17.8 Å². The SMILES string of the molecule is CC[C@]1(C)Cc2c(sc3c2C2NN=C(SCC(=O)Nc4ccc(OC)cc4)N2c2nnc(SCC(=O)Nc4ccc(OC)cc4)n2-3)CO1. The van der Waals surface area contributed by atoms with Crippen LogP contribution in [0, 0.1) is 0 Å². The van der Waals surface area contributed by atoms with E-state index in [4.69, 9.17) is 14.2 Å². The lowest BCUT2D eigenvalue weighted by Gasteiger charge is -2.35. The van der Waals surface area contributed by atoms with Crippen molar-refractivity contribution in [2.45, 2.75) is 50.2 Å². The maximum absolute atomic E-state index is 13.0. The van der Waals surface area contributed by atoms with E-state index in [1.807, 2.05) is 9.47 Å². The normalized spacial score (nSPS) is 18.9. The van der Waals surface area contributed by atoms with E-state index >= 15 is 0 Å². The number of nitrogens with zero attached hydrogens (tertiary/aromatic N) is 5. The number of methoxy groups -OCH3 is 2. The number of amidine groups is 1. The molecule has 2 aromatic heterocycles. The zero-order valence-corrected chi connectivity index (χ0v) is 29.2. The highest BCUT2D eigenvalue weighted by molar-refractivity contribution is 8.14. The van der Waals surface area contributed by atoms with Crippen molar-refractivity contribution in [3.8, 4) is 16.5 Å². The van der Waals surface area contributed by atoms with Crippen molar-refractivity contribution in [2.75, 3.05) is 41.3 Å². The van der Waals surface area contributed by atoms with Gasteiger partial charge in [0.05, 0.1) is 37.9 Å². The van der Waals surface area contributed by atoms with E-state index in [1.165, 1.54) is 29.1 Å². The summed E-state index contributed by atoms with van der Waals surface area (Å²) in [4.78, 5) is 29.1. The molecule has 2 amide bonds. The first-order valence-electron chi connectivity index (χ1n) is 15.3. The number of hydrogen-bond acceptors (Lipinski definition) is 13. The van der Waals surface area contributed by atoms with Crippen LogP contribution in [0.25, 0.3) is 5.00 Å². The number of carbonyl (C=O) groups excluding carboxylic acids is 2. The average molecular weight is 707 g/mol. The van der Waals surface area contributed by atoms with Crippen molar-refractivity contribution < 1.29 is 23.8 Å². The number of anilines is 3. The lowest BCUT2D eigenvalue weighted by molar-refractivity contribution is -0.114. The third-order valence-electron chi connectivity index (χ3n) is 8.43. The van der Waals surface area contributed by atoms with Crippen LogP contribution in [0.1, 0.15) is 42.4 Å². The summed E-state index contributed by atoms with van der Waals surface area (Å²) in [7, 11) is 3.20. The first-order valence-corrected chi connectivity index (χ1v) is 18.1. The maximum atomic E-state index is 13.0. The van der Waals surface area contributed by atoms with Crippen LogP contribution in [0.15, 0.2) is 58.8 Å². The predicted molar refractivity (Wildman–Crippen MR) is 189 cm³/mol. The minimum atomic E-state index is -0.320. The van der Waals surface area contributed by atoms with Gasteiger partial charge in [-0.3, -0.25) is 19.9 Å². The topological polar surface area (TPSA) is 144 Å². The van der Waals surface area contributed by atoms with Gasteiger partial charge >= 0.3 is 0 Å². The molecule has 250 valence electrons. The third kappa shape index (κ3) is 6.20. The number of rotatable bonds is 10. The summed E-state index contributed by atoms with van der Waals surface area (Å²) in [5.74, 6) is 1.92. The van der Waals surface area contributed by atoms with E-state index in [0.29, 0.717) is 45.8 Å². The Bertz CT molecular complexity index is 1880. The van der Waals surface area contributed by atoms with Gasteiger partial charge in [0.1, 0.15) is 16.5 Å². The lowest BCUT2D eigenvalue weighted by Crippen LogP contribution is -2.40. The summed E-state index contributed by atoms with van der Waals surface area (Å²) in [6, 6.07) is 14.4. The molecule has 0 saturated carbocycles. The van der Waals surface area contributed by atoms with Crippen molar-refractivity contribution in [3.05, 3.63) is 64.5 Å². The second kappa shape index (κ2) is 13.3. The molecule has 3 N–H and O–H groups in total. The highest BCUT2D eigenvalue weighted by Gasteiger charge is 2.46. The number of aromatic nitrogens is 3. The van der Waals surface area contributed by atoms with E-state index < -0.39 is 0 Å². The molecule has 0 saturated heterocycles. The molecule has 3 aliphatic rings. The number of thioether (sulfide) groups is 2. The summed E-state index contributed by atoms with van der Waals surface area (Å²) < 4.78 is 18.7. The van der Waals surface area contributed by atoms with Crippen LogP contribution >= 0.6 is 34.9 Å². The van der Waals surface area contributed by atoms with Gasteiger partial charge in [0.25, 0.3) is 0 Å². The Morgan fingerprint density at radius 2 is 1.62 bits per heavy atom. The monoisotopic (exact) mass is 706 g/mol. The minimum Gasteiger partial charge on any atom is -0.497 e. The molecule has 3 aliphatic heterocycles. The Hall–Kier alpha value is -4.25. The number of hydrazone groups is 1. The molecule has 5 heterocycles. The van der Waals surface area contributed by atoms with Crippen molar-refractivity contribution >= 4 is 69.2 Å². The molecular weight excluding hydrogens is 673 g/mol. The van der Waals surface area contributed by atoms with E-state index in [0.717, 1.165) is 28.3 Å². The highest BCUT2D eigenvalue weighted by atomic mass is 32.2. The van der Waals surface area contributed by atoms with Crippen LogP contribution in [-0.4, -0.2) is 63.1 Å². The van der Waals surface area contributed by atoms with Crippen LogP contribution in [0.2, 0.25) is 0 Å². The van der Waals surface area contributed by atoms with Gasteiger partial charge < -0.3 is 24.8 Å². The number of carbonyl (C=O) groups is 2. The molecule has 1 unspecified atom stereocenters. The van der Waals surface area contributed by atoms with Crippen molar-refractivity contribution in [3.63, 3.8) is 0 Å². The zero-order chi connectivity index (χ0) is 33.4. The molecule has 2 atom stereocenters. The number of amides is 2. The van der Waals surface area contributed by atoms with Gasteiger partial charge in [-0.2, -0.15) is 5.10 Å². The molecule has 0 aliphatic carbocycles. The molecule has 16 heteroatoms. The molecule has 7 rings (SSSR count). The van der Waals surface area contributed by atoms with Crippen LogP contribution in [0.3, 0.4) is 0 Å². The highest BCUT2D eigenvalue weighted by Crippen LogP contribution is 2.50. The summed E-state index contributed by atoms with van der Waals surface area (Å²) in [5.41, 5.74) is 6.72. The van der Waals surface area contributed by atoms with Crippen LogP contribution in [-0.2, 0) is 27.4 Å². The third-order valence-corrected chi connectivity index (χ3v) is 11.5. The summed E-state index contributed by atoms with van der Waals surface area (Å²) in [6.07, 6.45) is 1.31. The van der Waals surface area contributed by atoms with E-state index in [1.54, 1.807) is 74.1 Å². The van der Waals surface area contributed by atoms with Gasteiger partial charge in [-0.1, -0.05) is 30.4 Å². The van der Waals surface area contributed by atoms with Gasteiger partial charge in [0, 0.05) is 28.2 Å². The van der Waals surface area contributed by atoms with E-state index in [-0.39, 0.29) is 35.1 Å². The molecule has 4 aromatic rings. The van der Waals surface area contributed by atoms with Crippen molar-refractivity contribution in [2.24, 2.45) is 5.10 Å². The predicted octanol–water partition coefficient (Wildman–Crippen LogP) is 5.38. The number of thiophene rings is 1. The number of ether oxygens (including phenoxy) is 3. The Balaban J connectivity index is 1.14. The number of benzene rings is 2. The van der Waals surface area contributed by atoms with E-state index in [2.05, 4.69) is 45.2 Å². The Morgan fingerprint density at radius 3 is 2.23 bits per heavy atom. The first kappa shape index (κ1) is 32.3. The largest absolute Gasteiger partial charge is 0.497 e. The molecule has 0 radical (unpaired) electrons. The second-order valence-corrected chi connectivity index (χ2v) is 14.5. The van der Waals surface area contributed by atoms with Crippen molar-refractivity contribution in [1.82, 2.24) is 20.2 Å². The van der Waals surface area contributed by atoms with Gasteiger partial charge in [-0.15, -0.1) is 21.5 Å². The first-order chi connectivity index (χ1) is 23.3. The fraction of sp³-hybridized carbons (Fsp3) is 0.344. The number of hydrogen-bond donors (Lipinski definition) is 3. The van der Waals surface area contributed by atoms with Gasteiger partial charge in [-0.05, 0) is 67.4 Å². The average Bonchev–Trinajstić information content (AvgIpc) is 3.82. The summed E-state index contributed by atoms with van der Waals surface area (Å²) in [5, 5.41) is 21.8. The Kier molecular flexibility index (Phi) is 8.98. The number of nitrogens with one attached hydrogen (secondary N) is 3. The van der Waals surface area contributed by atoms with Gasteiger partial charge in [-0.25, -0.2) is 4.57 Å². The molecule has 13 nitrogen and oxygen atoms in total. The second-order valence-electron chi connectivity index (χ2n) is 11.5. The molecule has 0 fully saturated rings. The van der Waals surface area contributed by atoms with Crippen molar-refractivity contribution in [1.29, 1.82) is 0 Å². The maximum Gasteiger partial charge on any atom is 0.241 e. The van der Waals surface area contributed by atoms with Crippen LogP contribution in [0.5, 0.6) is 11.5 Å². The van der Waals surface area contributed by atoms with Gasteiger partial charge in [0.15, 0.2) is 16.5 Å². The smallest absolute Gasteiger partial charge is 0.241 e. The minimum absolute atomic E-state index is 0.129. The van der Waals surface area contributed by atoms with E-state index in [9.17, 15) is 9.59 Å². The number of fused-ring (bicyclic) bond motifs is 8. The molecule has 0 bridgehead atoms. The fourth-order valence-corrected chi connectivity index (χ4v) is 8.52. The quantitative estimate of drug-likeness (QED) is 0.183.